The van der Waals surface area contributed by atoms with Crippen molar-refractivity contribution >= 4 is 47.8 Å². The number of aromatic hydroxyl groups is 1. The van der Waals surface area contributed by atoms with Gasteiger partial charge in [-0.2, -0.15) is 0 Å². The Morgan fingerprint density at radius 3 is 2.40 bits per heavy atom. The molecule has 0 saturated heterocycles. The first-order valence-corrected chi connectivity index (χ1v) is 7.02. The van der Waals surface area contributed by atoms with E-state index in [4.69, 9.17) is 5.73 Å². The third-order valence-electron chi connectivity index (χ3n) is 2.64. The van der Waals surface area contributed by atoms with Crippen LogP contribution in [0.1, 0.15) is 24.4 Å². The number of benzene rings is 1. The molecule has 2 nitrogen and oxygen atoms in total. The van der Waals surface area contributed by atoms with Crippen LogP contribution in [0.5, 0.6) is 5.75 Å². The zero-order valence-corrected chi connectivity index (χ0v) is 12.6. The van der Waals surface area contributed by atoms with Gasteiger partial charge in [0.25, 0.3) is 0 Å². The SMILES string of the molecule is N[C@H](c1c(Br)cc(Br)c(O)c1Br)C1CC1. The Kier molecular flexibility index (Phi) is 3.45. The van der Waals surface area contributed by atoms with Gasteiger partial charge in [-0.15, -0.1) is 0 Å². The van der Waals surface area contributed by atoms with Gasteiger partial charge in [-0.25, -0.2) is 0 Å². The first-order valence-electron chi connectivity index (χ1n) is 4.64. The molecule has 1 aromatic carbocycles. The molecule has 0 amide bonds. The molecule has 0 aliphatic heterocycles. The van der Waals surface area contributed by atoms with Gasteiger partial charge in [-0.1, -0.05) is 15.9 Å². The van der Waals surface area contributed by atoms with Crippen LogP contribution < -0.4 is 5.73 Å². The van der Waals surface area contributed by atoms with E-state index in [1.54, 1.807) is 0 Å². The summed E-state index contributed by atoms with van der Waals surface area (Å²) in [7, 11) is 0. The first kappa shape index (κ1) is 11.9. The van der Waals surface area contributed by atoms with Crippen LogP contribution in [0.2, 0.25) is 0 Å². The zero-order chi connectivity index (χ0) is 11.2. The van der Waals surface area contributed by atoms with Crippen LogP contribution in [0.25, 0.3) is 0 Å². The molecule has 1 atom stereocenters. The minimum absolute atomic E-state index is 0.00671. The minimum Gasteiger partial charge on any atom is -0.506 e. The molecule has 1 saturated carbocycles. The Labute approximate surface area is 114 Å². The molecule has 0 aromatic heterocycles. The Morgan fingerprint density at radius 2 is 1.87 bits per heavy atom. The lowest BCUT2D eigenvalue weighted by molar-refractivity contribution is 0.465. The smallest absolute Gasteiger partial charge is 0.144 e. The summed E-state index contributed by atoms with van der Waals surface area (Å²) in [6, 6.07) is 1.82. The number of phenolic OH excluding ortho intramolecular Hbond substituents is 1. The molecule has 1 aromatic rings. The van der Waals surface area contributed by atoms with Gasteiger partial charge in [0.05, 0.1) is 8.95 Å². The Bertz CT molecular complexity index is 404. The maximum absolute atomic E-state index is 9.79. The molecule has 82 valence electrons. The molecule has 1 aliphatic rings. The normalized spacial score (nSPS) is 17.9. The third-order valence-corrected chi connectivity index (χ3v) is 4.71. The maximum Gasteiger partial charge on any atom is 0.144 e. The molecule has 5 heteroatoms. The topological polar surface area (TPSA) is 46.2 Å². The first-order chi connectivity index (χ1) is 7.02. The van der Waals surface area contributed by atoms with E-state index in [0.717, 1.165) is 10.0 Å². The van der Waals surface area contributed by atoms with E-state index < -0.39 is 0 Å². The molecule has 1 aliphatic carbocycles. The molecule has 2 rings (SSSR count). The van der Waals surface area contributed by atoms with E-state index in [-0.39, 0.29) is 11.8 Å². The van der Waals surface area contributed by atoms with E-state index in [0.29, 0.717) is 14.9 Å². The predicted molar refractivity (Wildman–Crippen MR) is 70.9 cm³/mol. The van der Waals surface area contributed by atoms with Crippen LogP contribution in [-0.4, -0.2) is 5.11 Å². The van der Waals surface area contributed by atoms with Crippen molar-refractivity contribution in [3.63, 3.8) is 0 Å². The largest absolute Gasteiger partial charge is 0.506 e. The van der Waals surface area contributed by atoms with Crippen molar-refractivity contribution in [2.75, 3.05) is 0 Å². The van der Waals surface area contributed by atoms with E-state index in [1.165, 1.54) is 12.8 Å². The molecule has 0 bridgehead atoms. The minimum atomic E-state index is -0.00671. The van der Waals surface area contributed by atoms with Crippen molar-refractivity contribution in [3.8, 4) is 5.75 Å². The molecule has 3 N–H and O–H groups in total. The van der Waals surface area contributed by atoms with Crippen LogP contribution >= 0.6 is 47.8 Å². The number of halogens is 3. The van der Waals surface area contributed by atoms with E-state index in [2.05, 4.69) is 47.8 Å². The molecule has 15 heavy (non-hydrogen) atoms. The van der Waals surface area contributed by atoms with E-state index in [1.807, 2.05) is 6.07 Å². The van der Waals surface area contributed by atoms with Crippen molar-refractivity contribution in [2.24, 2.45) is 11.7 Å². The molecule has 1 fully saturated rings. The fourth-order valence-electron chi connectivity index (χ4n) is 1.59. The second-order valence-corrected chi connectivity index (χ2v) is 6.28. The standard InChI is InChI=1S/C10H10Br3NO/c11-5-3-6(12)10(15)8(13)7(5)9(14)4-1-2-4/h3-4,9,15H,1-2,14H2/t9-/m0/s1. The highest BCUT2D eigenvalue weighted by molar-refractivity contribution is 9.11. The summed E-state index contributed by atoms with van der Waals surface area (Å²) < 4.78 is 2.27. The van der Waals surface area contributed by atoms with Gasteiger partial charge in [0.2, 0.25) is 0 Å². The van der Waals surface area contributed by atoms with Crippen LogP contribution in [0.4, 0.5) is 0 Å². The molecule has 0 spiro atoms. The number of nitrogens with two attached hydrogens (primary N) is 1. The fourth-order valence-corrected chi connectivity index (χ4v) is 4.24. The summed E-state index contributed by atoms with van der Waals surface area (Å²) in [5.74, 6) is 0.766. The van der Waals surface area contributed by atoms with Crippen molar-refractivity contribution < 1.29 is 5.11 Å². The van der Waals surface area contributed by atoms with Crippen LogP contribution in [0.15, 0.2) is 19.5 Å². The van der Waals surface area contributed by atoms with Gasteiger partial charge < -0.3 is 10.8 Å². The Hall–Kier alpha value is 0.420. The number of hydrogen-bond acceptors (Lipinski definition) is 2. The number of hydrogen-bond donors (Lipinski definition) is 2. The molecule has 0 heterocycles. The summed E-state index contributed by atoms with van der Waals surface area (Å²) in [6.45, 7) is 0. The highest BCUT2D eigenvalue weighted by Crippen LogP contribution is 2.47. The van der Waals surface area contributed by atoms with E-state index in [9.17, 15) is 5.11 Å². The molecule has 0 radical (unpaired) electrons. The van der Waals surface area contributed by atoms with Crippen molar-refractivity contribution in [1.29, 1.82) is 0 Å². The quantitative estimate of drug-likeness (QED) is 0.786. The summed E-state index contributed by atoms with van der Waals surface area (Å²) in [4.78, 5) is 0. The summed E-state index contributed by atoms with van der Waals surface area (Å²) in [6.07, 6.45) is 2.35. The predicted octanol–water partition coefficient (Wildman–Crippen LogP) is 4.09. The second-order valence-electron chi connectivity index (χ2n) is 3.78. The fraction of sp³-hybridized carbons (Fsp3) is 0.400. The van der Waals surface area contributed by atoms with Crippen molar-refractivity contribution in [2.45, 2.75) is 18.9 Å². The highest BCUT2D eigenvalue weighted by atomic mass is 79.9. The Morgan fingerprint density at radius 1 is 1.27 bits per heavy atom. The molecular weight excluding hydrogens is 390 g/mol. The second kappa shape index (κ2) is 4.35. The van der Waals surface area contributed by atoms with E-state index >= 15 is 0 Å². The lowest BCUT2D eigenvalue weighted by Gasteiger charge is -2.16. The van der Waals surface area contributed by atoms with Gasteiger partial charge in [0.15, 0.2) is 0 Å². The summed E-state index contributed by atoms with van der Waals surface area (Å²) in [5.41, 5.74) is 7.09. The van der Waals surface area contributed by atoms with Crippen molar-refractivity contribution in [1.82, 2.24) is 0 Å². The Balaban J connectivity index is 2.49. The summed E-state index contributed by atoms with van der Waals surface area (Å²) in [5, 5.41) is 9.79. The number of rotatable bonds is 2. The van der Waals surface area contributed by atoms with Gasteiger partial charge >= 0.3 is 0 Å². The summed E-state index contributed by atoms with van der Waals surface area (Å²) >= 11 is 10.1. The van der Waals surface area contributed by atoms with Gasteiger partial charge in [0, 0.05) is 16.1 Å². The molecule has 0 unspecified atom stereocenters. The highest BCUT2D eigenvalue weighted by Gasteiger charge is 2.32. The van der Waals surface area contributed by atoms with Gasteiger partial charge in [-0.05, 0) is 56.7 Å². The van der Waals surface area contributed by atoms with Gasteiger partial charge in [-0.3, -0.25) is 0 Å². The average molecular weight is 400 g/mol. The van der Waals surface area contributed by atoms with Crippen LogP contribution in [0, 0.1) is 5.92 Å². The monoisotopic (exact) mass is 397 g/mol. The van der Waals surface area contributed by atoms with Crippen LogP contribution in [0.3, 0.4) is 0 Å². The molecular formula is C10H10Br3NO. The van der Waals surface area contributed by atoms with Gasteiger partial charge in [0.1, 0.15) is 5.75 Å². The number of phenols is 1. The maximum atomic E-state index is 9.79. The zero-order valence-electron chi connectivity index (χ0n) is 7.80. The lowest BCUT2D eigenvalue weighted by Crippen LogP contribution is -2.13. The average Bonchev–Trinajstić information content (AvgIpc) is 2.97. The third kappa shape index (κ3) is 2.25. The van der Waals surface area contributed by atoms with Crippen LogP contribution in [-0.2, 0) is 0 Å². The van der Waals surface area contributed by atoms with Crippen molar-refractivity contribution in [3.05, 3.63) is 25.0 Å². The lowest BCUT2D eigenvalue weighted by atomic mass is 10.0.